The molecule has 0 radical (unpaired) electrons. The zero-order valence-electron chi connectivity index (χ0n) is 28.7. The Bertz CT molecular complexity index is 1650. The molecule has 4 aliphatic heterocycles. The highest BCUT2D eigenvalue weighted by molar-refractivity contribution is 14.1. The van der Waals surface area contributed by atoms with Crippen molar-refractivity contribution < 1.29 is 19.1 Å². The van der Waals surface area contributed by atoms with Gasteiger partial charge in [-0.3, -0.25) is 14.5 Å². The number of hydrogen-bond acceptors (Lipinski definition) is 7. The lowest BCUT2D eigenvalue weighted by Crippen LogP contribution is -2.52. The normalized spacial score (nSPS) is 28.4. The van der Waals surface area contributed by atoms with Gasteiger partial charge in [-0.15, -0.1) is 0 Å². The summed E-state index contributed by atoms with van der Waals surface area (Å²) in [6.45, 7) is 0. The average molecular weight is 977 g/mol. The molecular weight excluding hydrogens is 927 g/mol. The molecule has 8 rings (SSSR count). The van der Waals surface area contributed by atoms with Crippen LogP contribution in [0.3, 0.4) is 0 Å². The minimum absolute atomic E-state index is 0. The molecule has 13 heteroatoms. The monoisotopic (exact) mass is 974 g/mol. The van der Waals surface area contributed by atoms with Gasteiger partial charge in [-0.1, -0.05) is 112 Å². The molecule has 4 unspecified atom stereocenters. The fourth-order valence-corrected chi connectivity index (χ4v) is 10.2. The summed E-state index contributed by atoms with van der Waals surface area (Å²) < 4.78 is 14.6. The van der Waals surface area contributed by atoms with Gasteiger partial charge < -0.3 is 20.1 Å². The number of amidine groups is 1. The molecule has 1 saturated heterocycles. The predicted octanol–water partition coefficient (Wildman–Crippen LogP) is 9.63. The second kappa shape index (κ2) is 17.4. The molecule has 2 N–H and O–H groups in total. The lowest BCUT2D eigenvalue weighted by molar-refractivity contribution is -0.132. The van der Waals surface area contributed by atoms with E-state index in [2.05, 4.69) is 65.1 Å². The summed E-state index contributed by atoms with van der Waals surface area (Å²) in [7, 11) is 1.83. The van der Waals surface area contributed by atoms with Gasteiger partial charge in [0.25, 0.3) is 11.8 Å². The summed E-state index contributed by atoms with van der Waals surface area (Å²) in [5.74, 6) is 2.65. The molecule has 4 heterocycles. The Kier molecular flexibility index (Phi) is 13.9. The number of thioether (sulfide) groups is 1. The molecule has 2 saturated carbocycles. The Morgan fingerprint density at radius 2 is 1.37 bits per heavy atom. The van der Waals surface area contributed by atoms with Gasteiger partial charge in [0.15, 0.2) is 21.4 Å². The summed E-state index contributed by atoms with van der Waals surface area (Å²) in [6, 6.07) is 11.8. The SMILES string of the molecule is C.CI.CSC1=NC2(CC(C3CCCCC3)Oc3ccc(Br)cc32)C(=O)N1C.O=C1NC(=S)NC12CC(C1CCCCC1)Oc1ccc(Br)cc12. The maximum Gasteiger partial charge on any atom is 0.261 e. The van der Waals surface area contributed by atoms with E-state index in [1.165, 1.54) is 76.0 Å². The van der Waals surface area contributed by atoms with Crippen molar-refractivity contribution in [2.75, 3.05) is 18.2 Å². The van der Waals surface area contributed by atoms with Crippen LogP contribution < -0.4 is 20.1 Å². The van der Waals surface area contributed by atoms with Gasteiger partial charge in [0.05, 0.1) is 0 Å². The van der Waals surface area contributed by atoms with E-state index < -0.39 is 11.1 Å². The van der Waals surface area contributed by atoms with Crippen molar-refractivity contribution in [2.45, 2.75) is 108 Å². The zero-order valence-corrected chi connectivity index (χ0v) is 35.7. The van der Waals surface area contributed by atoms with Gasteiger partial charge in [0.2, 0.25) is 0 Å². The Hall–Kier alpha value is -1.42. The number of aliphatic imine (C=N–C) groups is 1. The minimum atomic E-state index is -0.827. The second-order valence-electron chi connectivity index (χ2n) is 13.9. The topological polar surface area (TPSA) is 92.3 Å². The number of rotatable bonds is 2. The van der Waals surface area contributed by atoms with Crippen LogP contribution in [0.2, 0.25) is 0 Å². The number of halogens is 3. The third-order valence-electron chi connectivity index (χ3n) is 11.1. The van der Waals surface area contributed by atoms with Crippen molar-refractivity contribution in [1.29, 1.82) is 0 Å². The molecule has 2 aromatic rings. The number of nitrogens with zero attached hydrogens (tertiary/aromatic N) is 2. The van der Waals surface area contributed by atoms with E-state index in [4.69, 9.17) is 26.7 Å². The highest BCUT2D eigenvalue weighted by atomic mass is 127. The highest BCUT2D eigenvalue weighted by Gasteiger charge is 2.55. The number of hydrogen-bond donors (Lipinski definition) is 2. The Balaban J connectivity index is 0.000000186. The minimum Gasteiger partial charge on any atom is -0.490 e. The fraction of sp³-hybridized carbons (Fsp3) is 0.579. The standard InChI is InChI=1S/C19H23BrN2O2S.C17H19BrN2O2S.CH3I.CH4/c1-22-17(23)19(21-18(22)25-2)11-16(12-6-4-3-5-7-12)24-15-9-8-13(20)10-14(15)19;18-11-6-7-13-12(8-11)17(15(21)19-16(23)20-17)9-14(22-13)10-4-2-1-3-5-10;1-2;/h8-10,12,16H,3-7,11H2,1-2H3;6-8,10,14H,1-5,9H2,(H2,19,20,21,23);1H3;1H4. The molecular formula is C38H49Br2IN4O4S2. The number of carbonyl (C=O) groups excluding carboxylic acids is 2. The molecule has 2 aliphatic carbocycles. The van der Waals surface area contributed by atoms with Crippen molar-refractivity contribution in [2.24, 2.45) is 16.8 Å². The van der Waals surface area contributed by atoms with Crippen LogP contribution in [0.25, 0.3) is 0 Å². The van der Waals surface area contributed by atoms with E-state index in [0.717, 1.165) is 36.7 Å². The Morgan fingerprint density at radius 3 is 1.86 bits per heavy atom. The van der Waals surface area contributed by atoms with Gasteiger partial charge in [-0.2, -0.15) is 0 Å². The summed E-state index contributed by atoms with van der Waals surface area (Å²) >= 11 is 15.9. The third-order valence-corrected chi connectivity index (χ3v) is 13.0. The maximum absolute atomic E-state index is 13.3. The van der Waals surface area contributed by atoms with Crippen LogP contribution in [-0.2, 0) is 20.7 Å². The van der Waals surface area contributed by atoms with Crippen LogP contribution in [0.1, 0.15) is 95.6 Å². The zero-order chi connectivity index (χ0) is 35.6. The van der Waals surface area contributed by atoms with E-state index in [1.807, 2.05) is 54.6 Å². The molecule has 0 aromatic heterocycles. The first kappa shape index (κ1) is 40.8. The summed E-state index contributed by atoms with van der Waals surface area (Å²) in [5, 5.41) is 7.21. The first-order valence-electron chi connectivity index (χ1n) is 17.5. The number of alkyl halides is 1. The number of fused-ring (bicyclic) bond motifs is 4. The van der Waals surface area contributed by atoms with Crippen molar-refractivity contribution >= 4 is 101 Å². The van der Waals surface area contributed by atoms with E-state index >= 15 is 0 Å². The molecule has 6 aliphatic rings. The number of ether oxygens (including phenoxy) is 2. The molecule has 278 valence electrons. The molecule has 8 nitrogen and oxygen atoms in total. The number of thiocarbonyl (C=S) groups is 1. The highest BCUT2D eigenvalue weighted by Crippen LogP contribution is 2.50. The van der Waals surface area contributed by atoms with Crippen LogP contribution in [0, 0.1) is 11.8 Å². The number of nitrogens with one attached hydrogen (secondary N) is 2. The van der Waals surface area contributed by atoms with Crippen LogP contribution in [0.15, 0.2) is 50.3 Å². The number of carbonyl (C=O) groups is 2. The molecule has 2 amide bonds. The smallest absolute Gasteiger partial charge is 0.261 e. The number of likely N-dealkylation sites (N-methyl/N-ethyl adjacent to an activating group) is 1. The largest absolute Gasteiger partial charge is 0.490 e. The Labute approximate surface area is 343 Å². The molecule has 3 fully saturated rings. The fourth-order valence-electron chi connectivity index (χ4n) is 8.59. The maximum atomic E-state index is 13.3. The van der Waals surface area contributed by atoms with E-state index in [0.29, 0.717) is 29.8 Å². The van der Waals surface area contributed by atoms with Crippen LogP contribution in [0.4, 0.5) is 0 Å². The molecule has 2 spiro atoms. The van der Waals surface area contributed by atoms with Crippen molar-refractivity contribution in [3.05, 3.63) is 56.5 Å². The van der Waals surface area contributed by atoms with Gasteiger partial charge in [0, 0.05) is 40.0 Å². The lowest BCUT2D eigenvalue weighted by Gasteiger charge is -2.41. The van der Waals surface area contributed by atoms with Crippen LogP contribution >= 0.6 is 78.4 Å². The lowest BCUT2D eigenvalue weighted by atomic mass is 9.75. The van der Waals surface area contributed by atoms with Crippen molar-refractivity contribution in [1.82, 2.24) is 15.5 Å². The van der Waals surface area contributed by atoms with Gasteiger partial charge in [-0.25, -0.2) is 4.99 Å². The van der Waals surface area contributed by atoms with E-state index in [-0.39, 0.29) is 31.4 Å². The summed E-state index contributed by atoms with van der Waals surface area (Å²) in [4.78, 5) is 34.6. The van der Waals surface area contributed by atoms with Crippen molar-refractivity contribution in [3.8, 4) is 11.5 Å². The second-order valence-corrected chi connectivity index (χ2v) is 16.9. The average Bonchev–Trinajstić information content (AvgIpc) is 3.56. The summed E-state index contributed by atoms with van der Waals surface area (Å²) in [6.07, 6.45) is 15.8. The van der Waals surface area contributed by atoms with Crippen molar-refractivity contribution in [3.63, 3.8) is 0 Å². The first-order chi connectivity index (χ1) is 24.1. The summed E-state index contributed by atoms with van der Waals surface area (Å²) in [5.41, 5.74) is 0.148. The molecule has 51 heavy (non-hydrogen) atoms. The van der Waals surface area contributed by atoms with E-state index in [9.17, 15) is 9.59 Å². The van der Waals surface area contributed by atoms with Crippen LogP contribution in [0.5, 0.6) is 11.5 Å². The van der Waals surface area contributed by atoms with Gasteiger partial charge in [-0.05, 0) is 97.3 Å². The van der Waals surface area contributed by atoms with E-state index in [1.54, 1.807) is 4.90 Å². The molecule has 4 atom stereocenters. The number of amides is 2. The van der Waals surface area contributed by atoms with Crippen LogP contribution in [-0.4, -0.2) is 57.4 Å². The Morgan fingerprint density at radius 1 is 0.863 bits per heavy atom. The number of benzene rings is 2. The van der Waals surface area contributed by atoms with Gasteiger partial charge >= 0.3 is 0 Å². The quantitative estimate of drug-likeness (QED) is 0.176. The molecule has 2 aromatic carbocycles. The third kappa shape index (κ3) is 8.03. The van der Waals surface area contributed by atoms with Gasteiger partial charge in [0.1, 0.15) is 23.7 Å². The first-order valence-corrected chi connectivity index (χ1v) is 22.9. The molecule has 0 bridgehead atoms. The predicted molar refractivity (Wildman–Crippen MR) is 227 cm³/mol.